The lowest BCUT2D eigenvalue weighted by molar-refractivity contribution is -0.385. The summed E-state index contributed by atoms with van der Waals surface area (Å²) in [5.41, 5.74) is -2.00. The summed E-state index contributed by atoms with van der Waals surface area (Å²) >= 11 is 0. The highest BCUT2D eigenvalue weighted by Crippen LogP contribution is 2.37. The number of aromatic carboxylic acids is 2. The van der Waals surface area contributed by atoms with E-state index in [1.807, 2.05) is 0 Å². The minimum absolute atomic E-state index is 0.149. The summed E-state index contributed by atoms with van der Waals surface area (Å²) in [5.74, 6) is -3.63. The molecule has 0 unspecified atom stereocenters. The number of nitrogens with zero attached hydrogens (tertiary/aromatic N) is 1. The summed E-state index contributed by atoms with van der Waals surface area (Å²) in [5, 5.41) is 29.3. The average molecular weight is 303 g/mol. The number of carboxylic acid groups (broad SMARTS) is 2. The van der Waals surface area contributed by atoms with Crippen molar-refractivity contribution in [2.24, 2.45) is 0 Å². The zero-order valence-electron chi connectivity index (χ0n) is 10.9. The fourth-order valence-electron chi connectivity index (χ4n) is 1.82. The molecule has 0 aliphatic heterocycles. The third-order valence-electron chi connectivity index (χ3n) is 2.74. The topological polar surface area (TPSA) is 127 Å². The van der Waals surface area contributed by atoms with Crippen molar-refractivity contribution in [1.82, 2.24) is 0 Å². The van der Waals surface area contributed by atoms with Crippen molar-refractivity contribution in [1.29, 1.82) is 0 Å². The smallest absolute Gasteiger partial charge is 0.340 e. The van der Waals surface area contributed by atoms with Crippen LogP contribution >= 0.6 is 0 Å². The number of carbonyl (C=O) groups is 2. The molecule has 0 amide bonds. The van der Waals surface area contributed by atoms with Crippen molar-refractivity contribution >= 4 is 17.6 Å². The van der Waals surface area contributed by atoms with Gasteiger partial charge in [0.2, 0.25) is 5.75 Å². The molecule has 8 heteroatoms. The van der Waals surface area contributed by atoms with Crippen LogP contribution in [0.4, 0.5) is 5.69 Å². The first-order valence-corrected chi connectivity index (χ1v) is 5.92. The van der Waals surface area contributed by atoms with Crippen LogP contribution in [0.1, 0.15) is 20.7 Å². The Morgan fingerprint density at radius 1 is 1.00 bits per heavy atom. The van der Waals surface area contributed by atoms with Crippen molar-refractivity contribution in [3.63, 3.8) is 0 Å². The van der Waals surface area contributed by atoms with E-state index in [1.165, 1.54) is 12.1 Å². The number of nitro groups is 1. The number of hydrogen-bond acceptors (Lipinski definition) is 5. The van der Waals surface area contributed by atoms with Crippen LogP contribution in [0.3, 0.4) is 0 Å². The monoisotopic (exact) mass is 303 g/mol. The van der Waals surface area contributed by atoms with Gasteiger partial charge < -0.3 is 14.9 Å². The number of ether oxygens (including phenoxy) is 1. The van der Waals surface area contributed by atoms with E-state index >= 15 is 0 Å². The fourth-order valence-corrected chi connectivity index (χ4v) is 1.82. The molecule has 2 aromatic carbocycles. The van der Waals surface area contributed by atoms with Gasteiger partial charge in [0.25, 0.3) is 0 Å². The van der Waals surface area contributed by atoms with Gasteiger partial charge in [-0.3, -0.25) is 10.1 Å². The van der Waals surface area contributed by atoms with Crippen molar-refractivity contribution < 1.29 is 29.5 Å². The van der Waals surface area contributed by atoms with Crippen LogP contribution in [0.15, 0.2) is 42.5 Å². The lowest BCUT2D eigenvalue weighted by Crippen LogP contribution is -2.11. The molecule has 112 valence electrons. The second-order valence-corrected chi connectivity index (χ2v) is 4.12. The van der Waals surface area contributed by atoms with Crippen LogP contribution in [-0.2, 0) is 0 Å². The number of nitro benzene ring substituents is 1. The van der Waals surface area contributed by atoms with Crippen LogP contribution in [0, 0.1) is 10.1 Å². The summed E-state index contributed by atoms with van der Waals surface area (Å²) < 4.78 is 5.27. The third kappa shape index (κ3) is 2.85. The third-order valence-corrected chi connectivity index (χ3v) is 2.74. The number of hydrogen-bond donors (Lipinski definition) is 2. The molecule has 0 aliphatic rings. The van der Waals surface area contributed by atoms with Gasteiger partial charge in [0.1, 0.15) is 11.3 Å². The number of carboxylic acids is 2. The molecule has 2 N–H and O–H groups in total. The highest BCUT2D eigenvalue weighted by molar-refractivity contribution is 6.05. The summed E-state index contributed by atoms with van der Waals surface area (Å²) in [6, 6.07) is 9.53. The van der Waals surface area contributed by atoms with E-state index in [4.69, 9.17) is 9.84 Å². The number of benzene rings is 2. The van der Waals surface area contributed by atoms with Gasteiger partial charge in [0.05, 0.1) is 10.5 Å². The molecule has 2 rings (SSSR count). The molecule has 0 atom stereocenters. The Hall–Kier alpha value is -3.42. The molecule has 0 heterocycles. The molecule has 0 spiro atoms. The lowest BCUT2D eigenvalue weighted by atomic mass is 10.0. The maximum absolute atomic E-state index is 11.3. The second-order valence-electron chi connectivity index (χ2n) is 4.12. The van der Waals surface area contributed by atoms with Crippen molar-refractivity contribution in [3.8, 4) is 11.5 Å². The lowest BCUT2D eigenvalue weighted by Gasteiger charge is -2.11. The Kier molecular flexibility index (Phi) is 4.03. The highest BCUT2D eigenvalue weighted by atomic mass is 16.6. The van der Waals surface area contributed by atoms with Gasteiger partial charge in [-0.15, -0.1) is 0 Å². The van der Waals surface area contributed by atoms with Gasteiger partial charge in [0, 0.05) is 6.07 Å². The Bertz CT molecular complexity index is 755. The van der Waals surface area contributed by atoms with E-state index in [9.17, 15) is 24.8 Å². The quantitative estimate of drug-likeness (QED) is 0.642. The van der Waals surface area contributed by atoms with E-state index in [2.05, 4.69) is 0 Å². The minimum Gasteiger partial charge on any atom is -0.478 e. The first-order valence-electron chi connectivity index (χ1n) is 5.92. The SMILES string of the molecule is O=C(O)c1ccc([N+](=O)[O-])c(Oc2ccccc2)c1C(=O)O. The molecule has 8 nitrogen and oxygen atoms in total. The molecule has 0 saturated heterocycles. The normalized spacial score (nSPS) is 10.0. The van der Waals surface area contributed by atoms with Crippen LogP contribution < -0.4 is 4.74 Å². The highest BCUT2D eigenvalue weighted by Gasteiger charge is 2.29. The predicted molar refractivity (Wildman–Crippen MR) is 73.5 cm³/mol. The fraction of sp³-hybridized carbons (Fsp3) is 0. The number of para-hydroxylation sites is 1. The Morgan fingerprint density at radius 2 is 1.64 bits per heavy atom. The van der Waals surface area contributed by atoms with Gasteiger partial charge in [0.15, 0.2) is 0 Å². The summed E-state index contributed by atoms with van der Waals surface area (Å²) in [6.07, 6.45) is 0. The Morgan fingerprint density at radius 3 is 2.14 bits per heavy atom. The average Bonchev–Trinajstić information content (AvgIpc) is 2.47. The van der Waals surface area contributed by atoms with Gasteiger partial charge >= 0.3 is 17.6 Å². The molecule has 22 heavy (non-hydrogen) atoms. The summed E-state index contributed by atoms with van der Waals surface area (Å²) in [7, 11) is 0. The van der Waals surface area contributed by atoms with Gasteiger partial charge in [-0.2, -0.15) is 0 Å². The van der Waals surface area contributed by atoms with Gasteiger partial charge in [-0.1, -0.05) is 18.2 Å². The molecular formula is C14H9NO7. The van der Waals surface area contributed by atoms with Gasteiger partial charge in [-0.25, -0.2) is 9.59 Å². The summed E-state index contributed by atoms with van der Waals surface area (Å²) in [4.78, 5) is 32.7. The van der Waals surface area contributed by atoms with E-state index in [-0.39, 0.29) is 5.75 Å². The molecule has 0 fully saturated rings. The molecule has 0 saturated carbocycles. The summed E-state index contributed by atoms with van der Waals surface area (Å²) in [6.45, 7) is 0. The maximum Gasteiger partial charge on any atom is 0.340 e. The van der Waals surface area contributed by atoms with E-state index in [1.54, 1.807) is 18.2 Å². The van der Waals surface area contributed by atoms with Crippen molar-refractivity contribution in [2.45, 2.75) is 0 Å². The molecule has 0 radical (unpaired) electrons. The second kappa shape index (κ2) is 5.92. The Labute approximate surface area is 123 Å². The zero-order valence-corrected chi connectivity index (χ0v) is 10.9. The molecule has 0 aromatic heterocycles. The van der Waals surface area contributed by atoms with Crippen LogP contribution in [0.5, 0.6) is 11.5 Å². The van der Waals surface area contributed by atoms with Crippen LogP contribution in [-0.4, -0.2) is 27.1 Å². The largest absolute Gasteiger partial charge is 0.478 e. The van der Waals surface area contributed by atoms with Gasteiger partial charge in [-0.05, 0) is 18.2 Å². The first kappa shape index (κ1) is 15.0. The van der Waals surface area contributed by atoms with E-state index < -0.39 is 39.4 Å². The number of rotatable bonds is 5. The predicted octanol–water partition coefficient (Wildman–Crippen LogP) is 2.78. The van der Waals surface area contributed by atoms with Crippen molar-refractivity contribution in [3.05, 3.63) is 63.7 Å². The van der Waals surface area contributed by atoms with Crippen molar-refractivity contribution in [2.75, 3.05) is 0 Å². The molecular weight excluding hydrogens is 294 g/mol. The maximum atomic E-state index is 11.3. The minimum atomic E-state index is -1.63. The van der Waals surface area contributed by atoms with Crippen LogP contribution in [0.25, 0.3) is 0 Å². The zero-order chi connectivity index (χ0) is 16.3. The van der Waals surface area contributed by atoms with Crippen LogP contribution in [0.2, 0.25) is 0 Å². The van der Waals surface area contributed by atoms with E-state index in [0.29, 0.717) is 0 Å². The molecule has 0 aliphatic carbocycles. The standard InChI is InChI=1S/C14H9NO7/c16-13(17)9-6-7-10(15(20)21)12(11(9)14(18)19)22-8-4-2-1-3-5-8/h1-7H,(H,16,17)(H,18,19). The first-order chi connectivity index (χ1) is 10.4. The van der Waals surface area contributed by atoms with E-state index in [0.717, 1.165) is 12.1 Å². The molecule has 0 bridgehead atoms. The molecule has 2 aromatic rings. The Balaban J connectivity index is 2.70.